The molecule has 1 aliphatic heterocycles. The molecule has 0 atom stereocenters. The van der Waals surface area contributed by atoms with E-state index in [0.29, 0.717) is 11.6 Å². The van der Waals surface area contributed by atoms with Crippen LogP contribution in [0, 0.1) is 0 Å². The van der Waals surface area contributed by atoms with E-state index < -0.39 is 0 Å². The standard InChI is InChI=1S/C12H12N4OS/c1-16-12(13)8(5-14-16)7-2-3-10-9(4-7)15-11(17)6-18-10/h2-5H,6,13H2,1H3,(H,15,17). The number of anilines is 2. The van der Waals surface area contributed by atoms with Crippen LogP contribution in [0.5, 0.6) is 0 Å². The van der Waals surface area contributed by atoms with E-state index >= 15 is 0 Å². The minimum Gasteiger partial charge on any atom is -0.383 e. The summed E-state index contributed by atoms with van der Waals surface area (Å²) in [5.74, 6) is 1.12. The summed E-state index contributed by atoms with van der Waals surface area (Å²) in [7, 11) is 1.80. The maximum atomic E-state index is 11.4. The first-order valence-corrected chi connectivity index (χ1v) is 6.48. The first-order valence-electron chi connectivity index (χ1n) is 5.49. The van der Waals surface area contributed by atoms with Gasteiger partial charge in [-0.25, -0.2) is 0 Å². The number of carbonyl (C=O) groups is 1. The Bertz CT molecular complexity index is 635. The van der Waals surface area contributed by atoms with Crippen LogP contribution in [0.2, 0.25) is 0 Å². The van der Waals surface area contributed by atoms with Gasteiger partial charge in [-0.3, -0.25) is 9.48 Å². The molecule has 0 aliphatic carbocycles. The van der Waals surface area contributed by atoms with Crippen molar-refractivity contribution in [2.75, 3.05) is 16.8 Å². The molecule has 1 aliphatic rings. The van der Waals surface area contributed by atoms with Gasteiger partial charge in [-0.15, -0.1) is 11.8 Å². The van der Waals surface area contributed by atoms with E-state index in [1.807, 2.05) is 18.2 Å². The highest BCUT2D eigenvalue weighted by Gasteiger charge is 2.17. The second-order valence-corrected chi connectivity index (χ2v) is 5.13. The molecule has 6 heteroatoms. The monoisotopic (exact) mass is 260 g/mol. The van der Waals surface area contributed by atoms with Crippen LogP contribution in [-0.4, -0.2) is 21.4 Å². The van der Waals surface area contributed by atoms with Gasteiger partial charge >= 0.3 is 0 Å². The molecule has 1 amide bonds. The van der Waals surface area contributed by atoms with Crippen molar-refractivity contribution >= 4 is 29.2 Å². The van der Waals surface area contributed by atoms with E-state index in [-0.39, 0.29) is 5.91 Å². The minimum absolute atomic E-state index is 0.0313. The van der Waals surface area contributed by atoms with Gasteiger partial charge in [-0.05, 0) is 17.7 Å². The van der Waals surface area contributed by atoms with Crippen molar-refractivity contribution in [2.45, 2.75) is 4.90 Å². The molecular formula is C12H12N4OS. The van der Waals surface area contributed by atoms with Gasteiger partial charge in [0, 0.05) is 17.5 Å². The van der Waals surface area contributed by atoms with E-state index in [1.165, 1.54) is 0 Å². The first kappa shape index (κ1) is 11.2. The molecule has 1 aromatic heterocycles. The van der Waals surface area contributed by atoms with Crippen LogP contribution < -0.4 is 11.1 Å². The summed E-state index contributed by atoms with van der Waals surface area (Å²) in [5, 5.41) is 6.99. The van der Waals surface area contributed by atoms with E-state index in [1.54, 1.807) is 29.7 Å². The molecule has 3 rings (SSSR count). The topological polar surface area (TPSA) is 72.9 Å². The average Bonchev–Trinajstić information content (AvgIpc) is 2.69. The number of carbonyl (C=O) groups excluding carboxylic acids is 1. The quantitative estimate of drug-likeness (QED) is 0.818. The van der Waals surface area contributed by atoms with Crippen LogP contribution in [0.15, 0.2) is 29.3 Å². The second kappa shape index (κ2) is 4.06. The number of thioether (sulfide) groups is 1. The molecule has 2 aromatic rings. The van der Waals surface area contributed by atoms with Crippen molar-refractivity contribution in [1.29, 1.82) is 0 Å². The number of nitrogens with two attached hydrogens (primary N) is 1. The summed E-state index contributed by atoms with van der Waals surface area (Å²) < 4.78 is 1.63. The van der Waals surface area contributed by atoms with Gasteiger partial charge in [-0.2, -0.15) is 5.10 Å². The maximum Gasteiger partial charge on any atom is 0.234 e. The lowest BCUT2D eigenvalue weighted by atomic mass is 10.1. The van der Waals surface area contributed by atoms with Crippen molar-refractivity contribution in [2.24, 2.45) is 7.05 Å². The predicted octanol–water partition coefficient (Wildman–Crippen LogP) is 1.71. The second-order valence-electron chi connectivity index (χ2n) is 4.11. The van der Waals surface area contributed by atoms with E-state index in [0.717, 1.165) is 21.7 Å². The van der Waals surface area contributed by atoms with E-state index in [2.05, 4.69) is 10.4 Å². The van der Waals surface area contributed by atoms with Crippen molar-refractivity contribution < 1.29 is 4.79 Å². The average molecular weight is 260 g/mol. The number of benzene rings is 1. The highest BCUT2D eigenvalue weighted by Crippen LogP contribution is 2.36. The van der Waals surface area contributed by atoms with Gasteiger partial charge in [0.05, 0.1) is 17.6 Å². The molecule has 0 fully saturated rings. The number of rotatable bonds is 1. The number of nitrogens with zero attached hydrogens (tertiary/aromatic N) is 2. The largest absolute Gasteiger partial charge is 0.383 e. The van der Waals surface area contributed by atoms with Gasteiger partial charge in [0.25, 0.3) is 0 Å². The van der Waals surface area contributed by atoms with Gasteiger partial charge in [0.2, 0.25) is 5.91 Å². The fourth-order valence-corrected chi connectivity index (χ4v) is 2.71. The van der Waals surface area contributed by atoms with Crippen molar-refractivity contribution in [3.8, 4) is 11.1 Å². The lowest BCUT2D eigenvalue weighted by Crippen LogP contribution is -2.18. The molecule has 1 aromatic carbocycles. The molecule has 0 saturated heterocycles. The van der Waals surface area contributed by atoms with Crippen LogP contribution in [0.4, 0.5) is 11.5 Å². The molecule has 3 N–H and O–H groups in total. The van der Waals surface area contributed by atoms with Crippen LogP contribution in [0.1, 0.15) is 0 Å². The van der Waals surface area contributed by atoms with Gasteiger partial charge < -0.3 is 11.1 Å². The smallest absolute Gasteiger partial charge is 0.234 e. The summed E-state index contributed by atoms with van der Waals surface area (Å²) in [6.07, 6.45) is 1.73. The lowest BCUT2D eigenvalue weighted by Gasteiger charge is -2.16. The van der Waals surface area contributed by atoms with Crippen molar-refractivity contribution in [3.05, 3.63) is 24.4 Å². The fraction of sp³-hybridized carbons (Fsp3) is 0.167. The zero-order chi connectivity index (χ0) is 12.7. The number of nitrogen functional groups attached to an aromatic ring is 1. The highest BCUT2D eigenvalue weighted by atomic mass is 32.2. The molecular weight excluding hydrogens is 248 g/mol. The zero-order valence-corrected chi connectivity index (χ0v) is 10.6. The molecule has 0 unspecified atom stereocenters. The molecule has 5 nitrogen and oxygen atoms in total. The number of hydrogen-bond donors (Lipinski definition) is 2. The molecule has 92 valence electrons. The molecule has 0 radical (unpaired) electrons. The Kier molecular flexibility index (Phi) is 2.52. The van der Waals surface area contributed by atoms with Gasteiger partial charge in [0.1, 0.15) is 5.82 Å². The normalized spacial score (nSPS) is 14.2. The SMILES string of the molecule is Cn1ncc(-c2ccc3c(c2)NC(=O)CS3)c1N. The Hall–Kier alpha value is -1.95. The number of aryl methyl sites for hydroxylation is 1. The Morgan fingerprint density at radius 1 is 1.50 bits per heavy atom. The molecule has 0 bridgehead atoms. The summed E-state index contributed by atoms with van der Waals surface area (Å²) in [6.45, 7) is 0. The molecule has 2 heterocycles. The van der Waals surface area contributed by atoms with Crippen LogP contribution in [0.25, 0.3) is 11.1 Å². The maximum absolute atomic E-state index is 11.4. The summed E-state index contributed by atoms with van der Waals surface area (Å²) >= 11 is 1.55. The molecule has 0 saturated carbocycles. The van der Waals surface area contributed by atoms with Crippen LogP contribution in [0.3, 0.4) is 0 Å². The number of aromatic nitrogens is 2. The zero-order valence-electron chi connectivity index (χ0n) is 9.80. The first-order chi connectivity index (χ1) is 8.65. The number of hydrogen-bond acceptors (Lipinski definition) is 4. The van der Waals surface area contributed by atoms with Crippen LogP contribution >= 0.6 is 11.8 Å². The Morgan fingerprint density at radius 3 is 3.06 bits per heavy atom. The minimum atomic E-state index is 0.0313. The third-order valence-corrected chi connectivity index (χ3v) is 3.98. The van der Waals surface area contributed by atoms with Gasteiger partial charge in [0.15, 0.2) is 0 Å². The number of nitrogens with one attached hydrogen (secondary N) is 1. The van der Waals surface area contributed by atoms with Crippen molar-refractivity contribution in [1.82, 2.24) is 9.78 Å². The Labute approximate surface area is 108 Å². The summed E-state index contributed by atoms with van der Waals surface area (Å²) in [5.41, 5.74) is 8.63. The third kappa shape index (κ3) is 1.74. The van der Waals surface area contributed by atoms with E-state index in [4.69, 9.17) is 5.73 Å². The number of fused-ring (bicyclic) bond motifs is 1. The number of amides is 1. The van der Waals surface area contributed by atoms with E-state index in [9.17, 15) is 4.79 Å². The molecule has 18 heavy (non-hydrogen) atoms. The highest BCUT2D eigenvalue weighted by molar-refractivity contribution is 8.00. The Morgan fingerprint density at radius 2 is 2.33 bits per heavy atom. The lowest BCUT2D eigenvalue weighted by molar-refractivity contribution is -0.113. The predicted molar refractivity (Wildman–Crippen MR) is 72.4 cm³/mol. The summed E-state index contributed by atoms with van der Waals surface area (Å²) in [4.78, 5) is 12.5. The van der Waals surface area contributed by atoms with Gasteiger partial charge in [-0.1, -0.05) is 6.07 Å². The Balaban J connectivity index is 2.07. The summed E-state index contributed by atoms with van der Waals surface area (Å²) in [6, 6.07) is 5.94. The van der Waals surface area contributed by atoms with Crippen LogP contribution in [-0.2, 0) is 11.8 Å². The molecule has 0 spiro atoms. The van der Waals surface area contributed by atoms with Crippen molar-refractivity contribution in [3.63, 3.8) is 0 Å². The fourth-order valence-electron chi connectivity index (χ4n) is 1.92. The third-order valence-electron chi connectivity index (χ3n) is 2.91.